The first kappa shape index (κ1) is 18.2. The third-order valence-corrected chi connectivity index (χ3v) is 5.67. The molecule has 1 aliphatic rings. The van der Waals surface area contributed by atoms with Crippen molar-refractivity contribution in [2.24, 2.45) is 10.7 Å². The number of aliphatic imine (C=N–C) groups is 1. The maximum Gasteiger partial charge on any atom is 0.213 e. The average molecular weight is 401 g/mol. The van der Waals surface area contributed by atoms with Crippen LogP contribution in [0.4, 0.5) is 5.95 Å². The number of anilines is 1. The van der Waals surface area contributed by atoms with Crippen LogP contribution in [0.15, 0.2) is 53.0 Å². The van der Waals surface area contributed by atoms with Crippen LogP contribution in [0.25, 0.3) is 11.0 Å². The lowest BCUT2D eigenvalue weighted by molar-refractivity contribution is 0.561. The van der Waals surface area contributed by atoms with Gasteiger partial charge in [-0.2, -0.15) is 0 Å². The molecule has 1 aliphatic heterocycles. The van der Waals surface area contributed by atoms with Crippen LogP contribution in [0, 0.1) is 0 Å². The minimum absolute atomic E-state index is 0.251. The van der Waals surface area contributed by atoms with Crippen LogP contribution in [-0.2, 0) is 6.54 Å². The molecule has 0 amide bonds. The zero-order valence-corrected chi connectivity index (χ0v) is 16.5. The van der Waals surface area contributed by atoms with Crippen LogP contribution in [0.5, 0.6) is 0 Å². The topological polar surface area (TPSA) is 71.5 Å². The zero-order valence-electron chi connectivity index (χ0n) is 15.0. The van der Waals surface area contributed by atoms with Crippen molar-refractivity contribution in [1.82, 2.24) is 14.9 Å². The van der Waals surface area contributed by atoms with Crippen molar-refractivity contribution in [2.45, 2.75) is 19.3 Å². The molecule has 0 aliphatic carbocycles. The van der Waals surface area contributed by atoms with Crippen LogP contribution >= 0.6 is 22.9 Å². The number of hydrogen-bond donors (Lipinski definition) is 2. The molecule has 1 unspecified atom stereocenters. The number of imidazole rings is 1. The van der Waals surface area contributed by atoms with Gasteiger partial charge in [-0.05, 0) is 49.7 Å². The Morgan fingerprint density at radius 3 is 2.93 bits per heavy atom. The predicted octanol–water partition coefficient (Wildman–Crippen LogP) is 3.43. The van der Waals surface area contributed by atoms with Gasteiger partial charge in [-0.15, -0.1) is 11.3 Å². The van der Waals surface area contributed by atoms with E-state index in [1.54, 1.807) is 11.3 Å². The van der Waals surface area contributed by atoms with Crippen LogP contribution in [0.1, 0.15) is 11.3 Å². The maximum atomic E-state index is 6.40. The van der Waals surface area contributed by atoms with E-state index in [2.05, 4.69) is 21.3 Å². The summed E-state index contributed by atoms with van der Waals surface area (Å²) in [7, 11) is 1.90. The highest BCUT2D eigenvalue weighted by atomic mass is 35.5. The third-order valence-electron chi connectivity index (χ3n) is 4.48. The lowest BCUT2D eigenvalue weighted by Crippen LogP contribution is -2.43. The summed E-state index contributed by atoms with van der Waals surface area (Å²) in [6.45, 7) is 1.39. The second-order valence-corrected chi connectivity index (χ2v) is 7.55. The molecule has 0 fully saturated rings. The number of nitrogens with zero attached hydrogens (tertiary/aromatic N) is 4. The summed E-state index contributed by atoms with van der Waals surface area (Å²) in [6, 6.07) is 9.96. The van der Waals surface area contributed by atoms with Crippen LogP contribution in [0.2, 0.25) is 5.02 Å². The van der Waals surface area contributed by atoms with Gasteiger partial charge in [-0.3, -0.25) is 10.2 Å². The molecule has 0 spiro atoms. The number of fused-ring (bicyclic) bond motifs is 1. The summed E-state index contributed by atoms with van der Waals surface area (Å²) in [5, 5.41) is 5.97. The van der Waals surface area contributed by atoms with Crippen molar-refractivity contribution < 1.29 is 0 Å². The van der Waals surface area contributed by atoms with E-state index < -0.39 is 0 Å². The number of benzene rings is 1. The van der Waals surface area contributed by atoms with Gasteiger partial charge in [0.1, 0.15) is 5.52 Å². The number of halogens is 1. The summed E-state index contributed by atoms with van der Waals surface area (Å²) in [5.74, 6) is 0.802. The average Bonchev–Trinajstić information content (AvgIpc) is 3.35. The van der Waals surface area contributed by atoms with E-state index in [1.807, 2.05) is 48.5 Å². The number of nitrogens with one attached hydrogen (secondary N) is 1. The Balaban J connectivity index is 1.77. The van der Waals surface area contributed by atoms with Gasteiger partial charge in [0.25, 0.3) is 0 Å². The first-order valence-electron chi connectivity index (χ1n) is 8.83. The quantitative estimate of drug-likeness (QED) is 0.665. The fraction of sp³-hybridized carbons (Fsp3) is 0.263. The van der Waals surface area contributed by atoms with Gasteiger partial charge < -0.3 is 10.3 Å². The molecule has 0 bridgehead atoms. The standard InChI is InChI=1S/C19H21ClN6S/c1-22-18-23-14(16-7-3-12-27-16)8-11-26(18)19-24-17-13(20)5-2-6-15(17)25(19)10-4-9-21/h2-3,5-8,11-12,18,22H,4,9-10,21H2,1H3. The Kier molecular flexibility index (Phi) is 5.27. The maximum absolute atomic E-state index is 6.40. The highest BCUT2D eigenvalue weighted by Gasteiger charge is 2.25. The summed E-state index contributed by atoms with van der Waals surface area (Å²) >= 11 is 8.08. The Morgan fingerprint density at radius 2 is 2.19 bits per heavy atom. The van der Waals surface area contributed by atoms with E-state index in [0.717, 1.165) is 40.5 Å². The minimum atomic E-state index is -0.251. The Hall–Kier alpha value is -2.19. The molecule has 3 aromatic rings. The largest absolute Gasteiger partial charge is 0.330 e. The van der Waals surface area contributed by atoms with Gasteiger partial charge in [-0.25, -0.2) is 9.98 Å². The third kappa shape index (κ3) is 3.39. The lowest BCUT2D eigenvalue weighted by atomic mass is 10.2. The summed E-state index contributed by atoms with van der Waals surface area (Å²) in [6.07, 6.45) is 4.65. The zero-order chi connectivity index (χ0) is 18.8. The molecule has 3 heterocycles. The van der Waals surface area contributed by atoms with Gasteiger partial charge in [0.15, 0.2) is 6.29 Å². The number of thiophene rings is 1. The van der Waals surface area contributed by atoms with E-state index in [9.17, 15) is 0 Å². The number of para-hydroxylation sites is 1. The van der Waals surface area contributed by atoms with E-state index in [-0.39, 0.29) is 6.29 Å². The van der Waals surface area contributed by atoms with Crippen molar-refractivity contribution in [3.05, 3.63) is 57.9 Å². The second-order valence-electron chi connectivity index (χ2n) is 6.19. The molecule has 0 saturated carbocycles. The Bertz CT molecular complexity index is 991. The normalized spacial score (nSPS) is 16.9. The number of aryl methyl sites for hydroxylation is 1. The molecular formula is C19H21ClN6S. The fourth-order valence-corrected chi connectivity index (χ4v) is 4.10. The number of nitrogens with two attached hydrogens (primary N) is 1. The smallest absolute Gasteiger partial charge is 0.213 e. The summed E-state index contributed by atoms with van der Waals surface area (Å²) in [4.78, 5) is 12.9. The van der Waals surface area contributed by atoms with Crippen molar-refractivity contribution in [3.63, 3.8) is 0 Å². The molecule has 0 radical (unpaired) electrons. The molecule has 1 atom stereocenters. The van der Waals surface area contributed by atoms with E-state index >= 15 is 0 Å². The molecule has 140 valence electrons. The second kappa shape index (κ2) is 7.82. The summed E-state index contributed by atoms with van der Waals surface area (Å²) < 4.78 is 2.16. The molecule has 4 rings (SSSR count). The van der Waals surface area contributed by atoms with Crippen molar-refractivity contribution in [3.8, 4) is 0 Å². The number of hydrogen-bond acceptors (Lipinski definition) is 6. The Labute approximate surface area is 167 Å². The number of aromatic nitrogens is 2. The lowest BCUT2D eigenvalue weighted by Gasteiger charge is -2.30. The molecule has 3 N–H and O–H groups in total. The first-order valence-corrected chi connectivity index (χ1v) is 10.1. The molecular weight excluding hydrogens is 380 g/mol. The molecule has 6 nitrogen and oxygen atoms in total. The predicted molar refractivity (Wildman–Crippen MR) is 114 cm³/mol. The summed E-state index contributed by atoms with van der Waals surface area (Å²) in [5.41, 5.74) is 8.51. The molecule has 1 aromatic carbocycles. The number of rotatable bonds is 6. The molecule has 27 heavy (non-hydrogen) atoms. The molecule has 0 saturated heterocycles. The Morgan fingerprint density at radius 1 is 1.30 bits per heavy atom. The van der Waals surface area contributed by atoms with Gasteiger partial charge in [-0.1, -0.05) is 23.7 Å². The van der Waals surface area contributed by atoms with Gasteiger partial charge in [0.05, 0.1) is 21.1 Å². The van der Waals surface area contributed by atoms with Crippen LogP contribution in [-0.4, -0.2) is 35.1 Å². The first-order chi connectivity index (χ1) is 13.2. The molecule has 2 aromatic heterocycles. The van der Waals surface area contributed by atoms with Crippen LogP contribution < -0.4 is 16.0 Å². The monoisotopic (exact) mass is 400 g/mol. The SMILES string of the molecule is CNC1N=C(c2cccs2)C=CN1c1nc2c(Cl)cccc2n1CCCN. The van der Waals surface area contributed by atoms with E-state index in [0.29, 0.717) is 11.6 Å². The minimum Gasteiger partial charge on any atom is -0.330 e. The van der Waals surface area contributed by atoms with Crippen LogP contribution in [0.3, 0.4) is 0 Å². The number of allylic oxidation sites excluding steroid dienone is 1. The molecule has 8 heteroatoms. The highest BCUT2D eigenvalue weighted by Crippen LogP contribution is 2.30. The highest BCUT2D eigenvalue weighted by molar-refractivity contribution is 7.12. The van der Waals surface area contributed by atoms with Gasteiger partial charge >= 0.3 is 0 Å². The van der Waals surface area contributed by atoms with E-state index in [1.165, 1.54) is 0 Å². The van der Waals surface area contributed by atoms with Crippen molar-refractivity contribution in [2.75, 3.05) is 18.5 Å². The van der Waals surface area contributed by atoms with Crippen molar-refractivity contribution >= 4 is 45.6 Å². The van der Waals surface area contributed by atoms with Gasteiger partial charge in [0.2, 0.25) is 5.95 Å². The van der Waals surface area contributed by atoms with Crippen molar-refractivity contribution in [1.29, 1.82) is 0 Å². The van der Waals surface area contributed by atoms with E-state index in [4.69, 9.17) is 27.3 Å². The fourth-order valence-electron chi connectivity index (χ4n) is 3.19. The van der Waals surface area contributed by atoms with Gasteiger partial charge in [0, 0.05) is 12.7 Å².